The predicted molar refractivity (Wildman–Crippen MR) is 120 cm³/mol. The van der Waals surface area contributed by atoms with Crippen LogP contribution in [0.4, 0.5) is 4.39 Å². The molecule has 1 atom stereocenters. The van der Waals surface area contributed by atoms with E-state index in [1.165, 1.54) is 24.3 Å². The number of benzene rings is 2. The van der Waals surface area contributed by atoms with Crippen LogP contribution in [0.5, 0.6) is 5.75 Å². The van der Waals surface area contributed by atoms with E-state index in [1.807, 2.05) is 6.07 Å². The van der Waals surface area contributed by atoms with Crippen molar-refractivity contribution in [2.75, 3.05) is 32.7 Å². The number of nitrogens with one attached hydrogen (secondary N) is 1. The van der Waals surface area contributed by atoms with Crippen LogP contribution in [0, 0.1) is 5.82 Å². The summed E-state index contributed by atoms with van der Waals surface area (Å²) in [6.07, 6.45) is 2.88. The van der Waals surface area contributed by atoms with Crippen LogP contribution < -0.4 is 5.32 Å². The second-order valence-electron chi connectivity index (χ2n) is 8.50. The van der Waals surface area contributed by atoms with Gasteiger partial charge in [0.05, 0.1) is 11.6 Å². The number of rotatable bonds is 5. The van der Waals surface area contributed by atoms with Crippen LogP contribution in [0.25, 0.3) is 0 Å². The lowest BCUT2D eigenvalue weighted by atomic mass is 9.89. The van der Waals surface area contributed by atoms with Crippen molar-refractivity contribution in [1.29, 1.82) is 0 Å². The van der Waals surface area contributed by atoms with E-state index in [0.29, 0.717) is 25.0 Å². The number of phenols is 1. The van der Waals surface area contributed by atoms with Crippen LogP contribution in [0.1, 0.15) is 41.1 Å². The minimum atomic E-state index is -0.430. The summed E-state index contributed by atoms with van der Waals surface area (Å²) in [5.74, 6) is -0.526. The Morgan fingerprint density at radius 1 is 1.09 bits per heavy atom. The van der Waals surface area contributed by atoms with Gasteiger partial charge in [-0.25, -0.2) is 4.39 Å². The lowest BCUT2D eigenvalue weighted by Gasteiger charge is -2.36. The van der Waals surface area contributed by atoms with Gasteiger partial charge in [-0.05, 0) is 74.2 Å². The summed E-state index contributed by atoms with van der Waals surface area (Å²) in [6.45, 7) is 3.11. The molecule has 2 fully saturated rings. The maximum Gasteiger partial charge on any atom is 0.251 e. The van der Waals surface area contributed by atoms with Crippen LogP contribution in [-0.2, 0) is 4.79 Å². The molecule has 2 saturated heterocycles. The number of likely N-dealkylation sites (tertiary alicyclic amines) is 2. The van der Waals surface area contributed by atoms with Gasteiger partial charge in [0.2, 0.25) is 5.91 Å². The molecule has 2 heterocycles. The molecule has 2 aromatic rings. The molecular formula is C24H27ClFN3O3. The number of aromatic hydroxyl groups is 1. The zero-order valence-electron chi connectivity index (χ0n) is 17.8. The number of carbonyl (C=O) groups excluding carboxylic acids is 2. The fraction of sp³-hybridized carbons (Fsp3) is 0.417. The van der Waals surface area contributed by atoms with Crippen molar-refractivity contribution < 1.29 is 19.1 Å². The van der Waals surface area contributed by atoms with Crippen LogP contribution in [0.2, 0.25) is 5.02 Å². The second kappa shape index (κ2) is 9.88. The highest BCUT2D eigenvalue weighted by Gasteiger charge is 2.32. The molecule has 2 amide bonds. The van der Waals surface area contributed by atoms with E-state index in [9.17, 15) is 19.1 Å². The van der Waals surface area contributed by atoms with Crippen LogP contribution in [0.15, 0.2) is 42.5 Å². The SMILES string of the molecule is O=C(NCC(=O)N1CCC(N2CCC(c3cccc(F)c3)CC2)C1)c1ccc(Cl)c(O)c1. The molecule has 32 heavy (non-hydrogen) atoms. The fourth-order valence-electron chi connectivity index (χ4n) is 4.65. The van der Waals surface area contributed by atoms with E-state index in [2.05, 4.69) is 10.2 Å². The van der Waals surface area contributed by atoms with Crippen molar-refractivity contribution in [3.8, 4) is 5.75 Å². The average Bonchev–Trinajstić information content (AvgIpc) is 3.29. The molecular weight excluding hydrogens is 433 g/mol. The summed E-state index contributed by atoms with van der Waals surface area (Å²) in [5.41, 5.74) is 1.32. The first-order valence-electron chi connectivity index (χ1n) is 10.9. The Balaban J connectivity index is 1.23. The first kappa shape index (κ1) is 22.6. The van der Waals surface area contributed by atoms with Gasteiger partial charge in [0, 0.05) is 24.7 Å². The van der Waals surface area contributed by atoms with Crippen LogP contribution in [0.3, 0.4) is 0 Å². The van der Waals surface area contributed by atoms with Crippen molar-refractivity contribution in [2.24, 2.45) is 0 Å². The highest BCUT2D eigenvalue weighted by molar-refractivity contribution is 6.32. The Bertz CT molecular complexity index is 994. The molecule has 170 valence electrons. The lowest BCUT2D eigenvalue weighted by Crippen LogP contribution is -2.44. The van der Waals surface area contributed by atoms with Crippen molar-refractivity contribution in [3.63, 3.8) is 0 Å². The number of phenolic OH excluding ortho intramolecular Hbond substituents is 1. The third kappa shape index (κ3) is 5.22. The maximum atomic E-state index is 13.5. The van der Waals surface area contributed by atoms with Gasteiger partial charge in [0.1, 0.15) is 11.6 Å². The molecule has 2 aromatic carbocycles. The van der Waals surface area contributed by atoms with E-state index >= 15 is 0 Å². The van der Waals surface area contributed by atoms with E-state index in [0.717, 1.165) is 37.9 Å². The Labute approximate surface area is 192 Å². The smallest absolute Gasteiger partial charge is 0.251 e. The topological polar surface area (TPSA) is 72.9 Å². The lowest BCUT2D eigenvalue weighted by molar-refractivity contribution is -0.129. The van der Waals surface area contributed by atoms with Crippen molar-refractivity contribution >= 4 is 23.4 Å². The molecule has 2 aliphatic rings. The van der Waals surface area contributed by atoms with Crippen molar-refractivity contribution in [3.05, 3.63) is 64.4 Å². The minimum Gasteiger partial charge on any atom is -0.506 e. The van der Waals surface area contributed by atoms with E-state index in [4.69, 9.17) is 11.6 Å². The van der Waals surface area contributed by atoms with Crippen molar-refractivity contribution in [1.82, 2.24) is 15.1 Å². The van der Waals surface area contributed by atoms with Gasteiger partial charge in [0.15, 0.2) is 0 Å². The zero-order chi connectivity index (χ0) is 22.7. The highest BCUT2D eigenvalue weighted by atomic mass is 35.5. The number of carbonyl (C=O) groups is 2. The summed E-state index contributed by atoms with van der Waals surface area (Å²) in [4.78, 5) is 29.0. The molecule has 2 N–H and O–H groups in total. The third-order valence-corrected chi connectivity index (χ3v) is 6.81. The molecule has 4 rings (SSSR count). The van der Waals surface area contributed by atoms with Gasteiger partial charge >= 0.3 is 0 Å². The number of hydrogen-bond acceptors (Lipinski definition) is 4. The Hall–Kier alpha value is -2.64. The molecule has 6 nitrogen and oxygen atoms in total. The molecule has 0 radical (unpaired) electrons. The molecule has 0 bridgehead atoms. The van der Waals surface area contributed by atoms with Gasteiger partial charge in [-0.2, -0.15) is 0 Å². The van der Waals surface area contributed by atoms with Gasteiger partial charge in [-0.3, -0.25) is 14.5 Å². The molecule has 1 unspecified atom stereocenters. The van der Waals surface area contributed by atoms with Crippen LogP contribution >= 0.6 is 11.6 Å². The number of halogens is 2. The minimum absolute atomic E-state index is 0.0867. The van der Waals surface area contributed by atoms with Crippen LogP contribution in [-0.4, -0.2) is 65.5 Å². The maximum absolute atomic E-state index is 13.5. The molecule has 0 aromatic heterocycles. The molecule has 8 heteroatoms. The van der Waals surface area contributed by atoms with Gasteiger partial charge in [-0.1, -0.05) is 23.7 Å². The fourth-order valence-corrected chi connectivity index (χ4v) is 4.77. The second-order valence-corrected chi connectivity index (χ2v) is 8.90. The zero-order valence-corrected chi connectivity index (χ0v) is 18.5. The monoisotopic (exact) mass is 459 g/mol. The largest absolute Gasteiger partial charge is 0.506 e. The standard InChI is InChI=1S/C24H27ClFN3O3/c25-21-5-4-18(13-22(21)30)24(32)27-14-23(31)29-11-8-20(15-29)28-9-6-16(7-10-28)17-2-1-3-19(26)12-17/h1-5,12-13,16,20,30H,6-11,14-15H2,(H,27,32). The first-order valence-corrected chi connectivity index (χ1v) is 11.3. The van der Waals surface area contributed by atoms with Gasteiger partial charge in [0.25, 0.3) is 5.91 Å². The first-order chi connectivity index (χ1) is 15.4. The third-order valence-electron chi connectivity index (χ3n) is 6.49. The molecule has 0 aliphatic carbocycles. The molecule has 0 saturated carbocycles. The summed E-state index contributed by atoms with van der Waals surface area (Å²) in [7, 11) is 0. The van der Waals surface area contributed by atoms with Gasteiger partial charge < -0.3 is 15.3 Å². The van der Waals surface area contributed by atoms with E-state index < -0.39 is 5.91 Å². The number of nitrogens with zero attached hydrogens (tertiary/aromatic N) is 2. The Kier molecular flexibility index (Phi) is 6.96. The quantitative estimate of drug-likeness (QED) is 0.718. The van der Waals surface area contributed by atoms with Crippen molar-refractivity contribution in [2.45, 2.75) is 31.2 Å². The average molecular weight is 460 g/mol. The number of hydrogen-bond donors (Lipinski definition) is 2. The molecule has 2 aliphatic heterocycles. The predicted octanol–water partition coefficient (Wildman–Crippen LogP) is 3.40. The normalized spacial score (nSPS) is 19.8. The summed E-state index contributed by atoms with van der Waals surface area (Å²) >= 11 is 5.76. The van der Waals surface area contributed by atoms with E-state index in [-0.39, 0.29) is 34.6 Å². The number of amides is 2. The summed E-state index contributed by atoms with van der Waals surface area (Å²) < 4.78 is 13.5. The summed E-state index contributed by atoms with van der Waals surface area (Å²) in [5, 5.41) is 12.4. The molecule has 0 spiro atoms. The van der Waals surface area contributed by atoms with Gasteiger partial charge in [-0.15, -0.1) is 0 Å². The Morgan fingerprint density at radius 2 is 1.88 bits per heavy atom. The summed E-state index contributed by atoms with van der Waals surface area (Å²) in [6, 6.07) is 11.4. The Morgan fingerprint density at radius 3 is 2.59 bits per heavy atom. The number of piperidine rings is 1. The highest BCUT2D eigenvalue weighted by Crippen LogP contribution is 2.30. The van der Waals surface area contributed by atoms with E-state index in [1.54, 1.807) is 17.0 Å².